The first-order chi connectivity index (χ1) is 10.7. The van der Waals surface area contributed by atoms with E-state index in [1.807, 2.05) is 6.92 Å². The molecule has 0 unspecified atom stereocenters. The lowest BCUT2D eigenvalue weighted by atomic mass is 10.1. The van der Waals surface area contributed by atoms with E-state index in [4.69, 9.17) is 18.0 Å². The fraction of sp³-hybridized carbons (Fsp3) is 0.118. The Morgan fingerprint density at radius 1 is 1.22 bits per heavy atom. The minimum absolute atomic E-state index is 0.168. The van der Waals surface area contributed by atoms with Crippen molar-refractivity contribution in [1.82, 2.24) is 0 Å². The van der Waals surface area contributed by atoms with Gasteiger partial charge in [-0.3, -0.25) is 4.79 Å². The van der Waals surface area contributed by atoms with E-state index in [9.17, 15) is 18.0 Å². The van der Waals surface area contributed by atoms with Gasteiger partial charge in [0.25, 0.3) is 5.91 Å². The standard InChI is InChI=1S/C17H11ClF3NO/c1-3-11-8-15(5-4-10(11)2)22-16(23)12-6-13(17(19,20)21)9-14(18)7-12/h1,4-9H,2H3,(H,22,23). The van der Waals surface area contributed by atoms with E-state index < -0.39 is 17.6 Å². The van der Waals surface area contributed by atoms with Crippen LogP contribution in [0.15, 0.2) is 36.4 Å². The minimum Gasteiger partial charge on any atom is -0.322 e. The zero-order valence-corrected chi connectivity index (χ0v) is 12.7. The summed E-state index contributed by atoms with van der Waals surface area (Å²) >= 11 is 5.67. The highest BCUT2D eigenvalue weighted by atomic mass is 35.5. The molecule has 0 heterocycles. The summed E-state index contributed by atoms with van der Waals surface area (Å²) in [5.41, 5.74) is 0.663. The van der Waals surface area contributed by atoms with Gasteiger partial charge in [-0.1, -0.05) is 23.6 Å². The maximum atomic E-state index is 12.8. The number of hydrogen-bond donors (Lipinski definition) is 1. The molecule has 0 radical (unpaired) electrons. The summed E-state index contributed by atoms with van der Waals surface area (Å²) < 4.78 is 38.3. The molecule has 0 aliphatic carbocycles. The third-order valence-corrected chi connectivity index (χ3v) is 3.36. The van der Waals surface area contributed by atoms with E-state index in [0.717, 1.165) is 17.7 Å². The molecule has 0 fully saturated rings. The van der Waals surface area contributed by atoms with E-state index >= 15 is 0 Å². The Hall–Kier alpha value is -2.45. The van der Waals surface area contributed by atoms with Gasteiger partial charge in [0.15, 0.2) is 0 Å². The first-order valence-corrected chi connectivity index (χ1v) is 6.85. The molecule has 118 valence electrons. The topological polar surface area (TPSA) is 29.1 Å². The van der Waals surface area contributed by atoms with Crippen molar-refractivity contribution in [2.24, 2.45) is 0 Å². The highest BCUT2D eigenvalue weighted by molar-refractivity contribution is 6.31. The lowest BCUT2D eigenvalue weighted by molar-refractivity contribution is -0.137. The van der Waals surface area contributed by atoms with Gasteiger partial charge in [-0.05, 0) is 42.8 Å². The molecule has 0 bridgehead atoms. The highest BCUT2D eigenvalue weighted by Gasteiger charge is 2.31. The summed E-state index contributed by atoms with van der Waals surface area (Å²) in [6.45, 7) is 1.81. The van der Waals surface area contributed by atoms with Crippen LogP contribution >= 0.6 is 11.6 Å². The number of terminal acetylenes is 1. The number of alkyl halides is 3. The molecule has 0 atom stereocenters. The monoisotopic (exact) mass is 337 g/mol. The van der Waals surface area contributed by atoms with Crippen molar-refractivity contribution in [2.75, 3.05) is 5.32 Å². The van der Waals surface area contributed by atoms with Gasteiger partial charge in [-0.15, -0.1) is 6.42 Å². The lowest BCUT2D eigenvalue weighted by Gasteiger charge is -2.11. The van der Waals surface area contributed by atoms with Gasteiger partial charge in [-0.25, -0.2) is 0 Å². The normalized spacial score (nSPS) is 11.0. The van der Waals surface area contributed by atoms with Gasteiger partial charge < -0.3 is 5.32 Å². The summed E-state index contributed by atoms with van der Waals surface area (Å²) in [6.07, 6.45) is 0.761. The Morgan fingerprint density at radius 3 is 2.52 bits per heavy atom. The summed E-state index contributed by atoms with van der Waals surface area (Å²) in [5, 5.41) is 2.34. The summed E-state index contributed by atoms with van der Waals surface area (Å²) in [6, 6.07) is 7.58. The van der Waals surface area contributed by atoms with Gasteiger partial charge in [0.2, 0.25) is 0 Å². The van der Waals surface area contributed by atoms with Crippen LogP contribution in [-0.2, 0) is 6.18 Å². The Kier molecular flexibility index (Phi) is 4.67. The molecule has 2 aromatic rings. The van der Waals surface area contributed by atoms with Crippen molar-refractivity contribution < 1.29 is 18.0 Å². The molecule has 23 heavy (non-hydrogen) atoms. The molecular weight excluding hydrogens is 327 g/mol. The van der Waals surface area contributed by atoms with Crippen LogP contribution in [0.25, 0.3) is 0 Å². The van der Waals surface area contributed by atoms with Crippen LogP contribution in [-0.4, -0.2) is 5.91 Å². The third kappa shape index (κ3) is 4.05. The maximum Gasteiger partial charge on any atom is 0.416 e. The van der Waals surface area contributed by atoms with E-state index in [1.165, 1.54) is 6.07 Å². The molecule has 1 N–H and O–H groups in total. The van der Waals surface area contributed by atoms with Crippen LogP contribution in [0.1, 0.15) is 27.0 Å². The first-order valence-electron chi connectivity index (χ1n) is 6.47. The Bertz CT molecular complexity index is 806. The number of benzene rings is 2. The van der Waals surface area contributed by atoms with Gasteiger partial charge in [0.05, 0.1) is 5.56 Å². The van der Waals surface area contributed by atoms with Crippen molar-refractivity contribution in [3.63, 3.8) is 0 Å². The number of carbonyl (C=O) groups excluding carboxylic acids is 1. The van der Waals surface area contributed by atoms with Crippen molar-refractivity contribution in [2.45, 2.75) is 13.1 Å². The second-order valence-electron chi connectivity index (χ2n) is 4.85. The van der Waals surface area contributed by atoms with E-state index in [-0.39, 0.29) is 10.6 Å². The second-order valence-corrected chi connectivity index (χ2v) is 5.29. The largest absolute Gasteiger partial charge is 0.416 e. The molecule has 0 saturated carbocycles. The van der Waals surface area contributed by atoms with Gasteiger partial charge in [0.1, 0.15) is 0 Å². The number of nitrogens with one attached hydrogen (secondary N) is 1. The number of aryl methyl sites for hydroxylation is 1. The molecule has 6 heteroatoms. The van der Waals surface area contributed by atoms with Crippen LogP contribution in [0, 0.1) is 19.3 Å². The van der Waals surface area contributed by atoms with Crippen LogP contribution < -0.4 is 5.32 Å². The molecule has 0 saturated heterocycles. The van der Waals surface area contributed by atoms with E-state index in [1.54, 1.807) is 18.2 Å². The molecule has 2 rings (SSSR count). The average Bonchev–Trinajstić information content (AvgIpc) is 2.47. The molecule has 0 spiro atoms. The van der Waals surface area contributed by atoms with Gasteiger partial charge in [-0.2, -0.15) is 13.2 Å². The minimum atomic E-state index is -4.58. The molecular formula is C17H11ClF3NO. The SMILES string of the molecule is C#Cc1cc(NC(=O)c2cc(Cl)cc(C(F)(F)F)c2)ccc1C. The van der Waals surface area contributed by atoms with Crippen molar-refractivity contribution >= 4 is 23.2 Å². The van der Waals surface area contributed by atoms with Crippen LogP contribution in [0.5, 0.6) is 0 Å². The summed E-state index contributed by atoms with van der Waals surface area (Å²) in [5.74, 6) is 1.76. The maximum absolute atomic E-state index is 12.8. The predicted molar refractivity (Wildman–Crippen MR) is 83.5 cm³/mol. The third-order valence-electron chi connectivity index (χ3n) is 3.14. The Morgan fingerprint density at radius 2 is 1.91 bits per heavy atom. The number of halogens is 4. The van der Waals surface area contributed by atoms with Crippen LogP contribution in [0.2, 0.25) is 5.02 Å². The smallest absolute Gasteiger partial charge is 0.322 e. The molecule has 0 aromatic heterocycles. The Labute approximate surface area is 136 Å². The number of carbonyl (C=O) groups is 1. The van der Waals surface area contributed by atoms with Crippen LogP contribution in [0.3, 0.4) is 0 Å². The van der Waals surface area contributed by atoms with Gasteiger partial charge in [0, 0.05) is 21.8 Å². The summed E-state index contributed by atoms with van der Waals surface area (Å²) in [4.78, 5) is 12.1. The average molecular weight is 338 g/mol. The molecule has 0 aliphatic heterocycles. The fourth-order valence-corrected chi connectivity index (χ4v) is 2.18. The number of hydrogen-bond acceptors (Lipinski definition) is 1. The number of amides is 1. The van der Waals surface area contributed by atoms with Crippen molar-refractivity contribution in [1.29, 1.82) is 0 Å². The Balaban J connectivity index is 2.31. The van der Waals surface area contributed by atoms with Gasteiger partial charge >= 0.3 is 6.18 Å². The first kappa shape index (κ1) is 16.9. The van der Waals surface area contributed by atoms with E-state index in [0.29, 0.717) is 11.3 Å². The van der Waals surface area contributed by atoms with Crippen molar-refractivity contribution in [3.05, 3.63) is 63.7 Å². The van der Waals surface area contributed by atoms with Crippen molar-refractivity contribution in [3.8, 4) is 12.3 Å². The molecule has 2 nitrogen and oxygen atoms in total. The number of rotatable bonds is 2. The van der Waals surface area contributed by atoms with E-state index in [2.05, 4.69) is 11.2 Å². The zero-order chi connectivity index (χ0) is 17.2. The second kappa shape index (κ2) is 6.35. The summed E-state index contributed by atoms with van der Waals surface area (Å²) in [7, 11) is 0. The highest BCUT2D eigenvalue weighted by Crippen LogP contribution is 2.32. The lowest BCUT2D eigenvalue weighted by Crippen LogP contribution is -2.14. The molecule has 0 aliphatic rings. The number of anilines is 1. The quantitative estimate of drug-likeness (QED) is 0.776. The van der Waals surface area contributed by atoms with Crippen LogP contribution in [0.4, 0.5) is 18.9 Å². The molecule has 2 aromatic carbocycles. The predicted octanol–water partition coefficient (Wildman–Crippen LogP) is 4.90. The molecule has 1 amide bonds. The fourth-order valence-electron chi connectivity index (χ4n) is 1.94. The zero-order valence-electron chi connectivity index (χ0n) is 12.0.